The minimum atomic E-state index is -0.267. The Hall–Kier alpha value is -0.940. The zero-order chi connectivity index (χ0) is 11.5. The van der Waals surface area contributed by atoms with E-state index in [0.29, 0.717) is 5.69 Å². The van der Waals surface area contributed by atoms with E-state index in [4.69, 9.17) is 0 Å². The lowest BCUT2D eigenvalue weighted by Gasteiger charge is -2.15. The van der Waals surface area contributed by atoms with E-state index in [9.17, 15) is 4.39 Å². The molecule has 1 N–H and O–H groups in total. The van der Waals surface area contributed by atoms with E-state index in [1.807, 2.05) is 12.3 Å². The lowest BCUT2D eigenvalue weighted by atomic mass is 10.2. The van der Waals surface area contributed by atoms with E-state index >= 15 is 0 Å². The summed E-state index contributed by atoms with van der Waals surface area (Å²) < 4.78 is 14.3. The van der Waals surface area contributed by atoms with Crippen LogP contribution >= 0.6 is 27.3 Å². The third-order valence-corrected chi connectivity index (χ3v) is 3.48. The van der Waals surface area contributed by atoms with E-state index in [1.54, 1.807) is 17.6 Å². The maximum absolute atomic E-state index is 13.5. The topological polar surface area (TPSA) is 24.9 Å². The summed E-state index contributed by atoms with van der Waals surface area (Å²) in [5.74, 6) is -0.267. The Morgan fingerprint density at radius 1 is 1.50 bits per heavy atom. The smallest absolute Gasteiger partial charge is 0.147 e. The molecule has 1 atom stereocenters. The first-order valence-corrected chi connectivity index (χ1v) is 6.50. The second kappa shape index (κ2) is 4.93. The van der Waals surface area contributed by atoms with Crippen molar-refractivity contribution in [2.24, 2.45) is 0 Å². The zero-order valence-electron chi connectivity index (χ0n) is 8.58. The summed E-state index contributed by atoms with van der Waals surface area (Å²) in [7, 11) is 0. The zero-order valence-corrected chi connectivity index (χ0v) is 11.0. The maximum Gasteiger partial charge on any atom is 0.147 e. The van der Waals surface area contributed by atoms with Gasteiger partial charge in [0.2, 0.25) is 0 Å². The molecule has 1 heterocycles. The summed E-state index contributed by atoms with van der Waals surface area (Å²) in [6, 6.07) is 4.89. The summed E-state index contributed by atoms with van der Waals surface area (Å²) in [5.41, 5.74) is 3.16. The summed E-state index contributed by atoms with van der Waals surface area (Å²) in [5, 5.41) is 5.05. The average molecular weight is 301 g/mol. The Kier molecular flexibility index (Phi) is 3.56. The Bertz CT molecular complexity index is 453. The molecule has 0 fully saturated rings. The van der Waals surface area contributed by atoms with Gasteiger partial charge in [-0.1, -0.05) is 6.07 Å². The van der Waals surface area contributed by atoms with Crippen molar-refractivity contribution in [3.63, 3.8) is 0 Å². The molecule has 84 valence electrons. The van der Waals surface area contributed by atoms with Crippen LogP contribution in [0.15, 0.2) is 33.6 Å². The standard InChI is InChI=1S/C11H10BrFN2S/c1-7(10-5-16-6-14-10)15-11-8(12)3-2-4-9(11)13/h2-7,15H,1H3. The molecule has 0 saturated carbocycles. The number of nitrogens with zero attached hydrogens (tertiary/aromatic N) is 1. The summed E-state index contributed by atoms with van der Waals surface area (Å²) >= 11 is 4.85. The van der Waals surface area contributed by atoms with Crippen LogP contribution in [0.25, 0.3) is 0 Å². The highest BCUT2D eigenvalue weighted by Crippen LogP contribution is 2.28. The van der Waals surface area contributed by atoms with Gasteiger partial charge in [-0.05, 0) is 35.0 Å². The van der Waals surface area contributed by atoms with E-state index < -0.39 is 0 Å². The molecule has 0 spiro atoms. The molecule has 2 rings (SSSR count). The first kappa shape index (κ1) is 11.5. The summed E-state index contributed by atoms with van der Waals surface area (Å²) in [6.45, 7) is 1.95. The van der Waals surface area contributed by atoms with Crippen LogP contribution in [0, 0.1) is 5.82 Å². The van der Waals surface area contributed by atoms with Gasteiger partial charge in [0.25, 0.3) is 0 Å². The van der Waals surface area contributed by atoms with Gasteiger partial charge in [-0.3, -0.25) is 0 Å². The molecule has 0 radical (unpaired) electrons. The van der Waals surface area contributed by atoms with Crippen molar-refractivity contribution < 1.29 is 4.39 Å². The van der Waals surface area contributed by atoms with Crippen LogP contribution in [0.1, 0.15) is 18.7 Å². The van der Waals surface area contributed by atoms with Crippen molar-refractivity contribution in [3.05, 3.63) is 45.1 Å². The Balaban J connectivity index is 2.21. The lowest BCUT2D eigenvalue weighted by molar-refractivity contribution is 0.626. The fourth-order valence-corrected chi connectivity index (χ4v) is 2.47. The predicted molar refractivity (Wildman–Crippen MR) is 68.3 cm³/mol. The molecule has 0 bridgehead atoms. The SMILES string of the molecule is CC(Nc1c(F)cccc1Br)c1cscn1. The summed E-state index contributed by atoms with van der Waals surface area (Å²) in [6.07, 6.45) is 0. The van der Waals surface area contributed by atoms with Crippen LogP contribution in [0.2, 0.25) is 0 Å². The molecule has 2 aromatic rings. The van der Waals surface area contributed by atoms with Gasteiger partial charge < -0.3 is 5.32 Å². The van der Waals surface area contributed by atoms with Gasteiger partial charge in [0, 0.05) is 9.85 Å². The van der Waals surface area contributed by atoms with Crippen LogP contribution in [-0.2, 0) is 0 Å². The number of benzene rings is 1. The number of para-hydroxylation sites is 1. The third kappa shape index (κ3) is 2.41. The molecule has 0 saturated heterocycles. The van der Waals surface area contributed by atoms with Crippen molar-refractivity contribution in [2.45, 2.75) is 13.0 Å². The fraction of sp³-hybridized carbons (Fsp3) is 0.182. The lowest BCUT2D eigenvalue weighted by Crippen LogP contribution is -2.08. The molecule has 0 aliphatic heterocycles. The number of aromatic nitrogens is 1. The monoisotopic (exact) mass is 300 g/mol. The first-order valence-electron chi connectivity index (χ1n) is 4.77. The Morgan fingerprint density at radius 3 is 2.94 bits per heavy atom. The van der Waals surface area contributed by atoms with Gasteiger partial charge >= 0.3 is 0 Å². The average Bonchev–Trinajstić information content (AvgIpc) is 2.76. The molecular weight excluding hydrogens is 291 g/mol. The summed E-state index contributed by atoms with van der Waals surface area (Å²) in [4.78, 5) is 4.19. The highest BCUT2D eigenvalue weighted by atomic mass is 79.9. The quantitative estimate of drug-likeness (QED) is 0.918. The number of hydrogen-bond donors (Lipinski definition) is 1. The normalized spacial score (nSPS) is 12.4. The maximum atomic E-state index is 13.5. The highest BCUT2D eigenvalue weighted by molar-refractivity contribution is 9.10. The van der Waals surface area contributed by atoms with E-state index in [0.717, 1.165) is 10.2 Å². The molecule has 5 heteroatoms. The largest absolute Gasteiger partial charge is 0.374 e. The van der Waals surface area contributed by atoms with Gasteiger partial charge in [-0.15, -0.1) is 11.3 Å². The van der Waals surface area contributed by atoms with Gasteiger partial charge in [-0.2, -0.15) is 0 Å². The van der Waals surface area contributed by atoms with E-state index in [2.05, 4.69) is 26.2 Å². The number of thiazole rings is 1. The van der Waals surface area contributed by atoms with Crippen molar-refractivity contribution in [2.75, 3.05) is 5.32 Å². The molecule has 1 aromatic carbocycles. The molecule has 0 amide bonds. The van der Waals surface area contributed by atoms with Gasteiger partial charge in [0.15, 0.2) is 0 Å². The molecule has 1 unspecified atom stereocenters. The molecule has 2 nitrogen and oxygen atoms in total. The second-order valence-corrected chi connectivity index (χ2v) is 4.95. The molecular formula is C11H10BrFN2S. The van der Waals surface area contributed by atoms with Crippen LogP contribution in [-0.4, -0.2) is 4.98 Å². The van der Waals surface area contributed by atoms with E-state index in [-0.39, 0.29) is 11.9 Å². The van der Waals surface area contributed by atoms with Crippen molar-refractivity contribution in [1.29, 1.82) is 0 Å². The van der Waals surface area contributed by atoms with Gasteiger partial charge in [0.1, 0.15) is 5.82 Å². The Morgan fingerprint density at radius 2 is 2.31 bits per heavy atom. The van der Waals surface area contributed by atoms with E-state index in [1.165, 1.54) is 17.4 Å². The number of hydrogen-bond acceptors (Lipinski definition) is 3. The molecule has 16 heavy (non-hydrogen) atoms. The molecule has 0 aliphatic rings. The fourth-order valence-electron chi connectivity index (χ4n) is 1.36. The van der Waals surface area contributed by atoms with Gasteiger partial charge in [0.05, 0.1) is 22.9 Å². The Labute approximate surface area is 106 Å². The predicted octanol–water partition coefficient (Wildman–Crippen LogP) is 4.22. The van der Waals surface area contributed by atoms with Crippen LogP contribution in [0.4, 0.5) is 10.1 Å². The molecule has 0 aliphatic carbocycles. The van der Waals surface area contributed by atoms with Crippen molar-refractivity contribution in [3.8, 4) is 0 Å². The van der Waals surface area contributed by atoms with Crippen molar-refractivity contribution >= 4 is 33.0 Å². The highest BCUT2D eigenvalue weighted by Gasteiger charge is 2.12. The number of halogens is 2. The minimum absolute atomic E-state index is 0.0144. The number of anilines is 1. The second-order valence-electron chi connectivity index (χ2n) is 3.38. The van der Waals surface area contributed by atoms with Crippen molar-refractivity contribution in [1.82, 2.24) is 4.98 Å². The van der Waals surface area contributed by atoms with Crippen LogP contribution in [0.5, 0.6) is 0 Å². The molecule has 1 aromatic heterocycles. The van der Waals surface area contributed by atoms with Crippen LogP contribution in [0.3, 0.4) is 0 Å². The van der Waals surface area contributed by atoms with Gasteiger partial charge in [-0.25, -0.2) is 9.37 Å². The number of nitrogens with one attached hydrogen (secondary N) is 1. The third-order valence-electron chi connectivity index (χ3n) is 2.22. The number of rotatable bonds is 3. The van der Waals surface area contributed by atoms with Crippen LogP contribution < -0.4 is 5.32 Å². The first-order chi connectivity index (χ1) is 7.68. The minimum Gasteiger partial charge on any atom is -0.374 e.